The maximum absolute atomic E-state index is 12.9. The third kappa shape index (κ3) is 4.06. The number of piperazine rings is 1. The van der Waals surface area contributed by atoms with Gasteiger partial charge in [0, 0.05) is 32.1 Å². The lowest BCUT2D eigenvalue weighted by Gasteiger charge is -2.36. The van der Waals surface area contributed by atoms with Crippen LogP contribution in [0.4, 0.5) is 0 Å². The molecule has 0 aromatic heterocycles. The molecule has 6 nitrogen and oxygen atoms in total. The number of amides is 2. The molecule has 2 amide bonds. The van der Waals surface area contributed by atoms with Gasteiger partial charge in [-0.15, -0.1) is 0 Å². The molecule has 1 aromatic rings. The predicted octanol–water partition coefficient (Wildman–Crippen LogP) is 2.42. The van der Waals surface area contributed by atoms with Crippen molar-refractivity contribution in [2.24, 2.45) is 5.92 Å². The fourth-order valence-electron chi connectivity index (χ4n) is 3.25. The van der Waals surface area contributed by atoms with Crippen molar-refractivity contribution >= 4 is 11.8 Å². The fourth-order valence-corrected chi connectivity index (χ4v) is 3.25. The van der Waals surface area contributed by atoms with Gasteiger partial charge in [0.15, 0.2) is 0 Å². The third-order valence-corrected chi connectivity index (χ3v) is 4.86. The van der Waals surface area contributed by atoms with E-state index in [-0.39, 0.29) is 17.7 Å². The molecule has 1 aliphatic heterocycles. The van der Waals surface area contributed by atoms with Crippen LogP contribution in [0.25, 0.3) is 0 Å². The molecule has 1 aromatic carbocycles. The van der Waals surface area contributed by atoms with Crippen molar-refractivity contribution in [1.82, 2.24) is 9.80 Å². The van der Waals surface area contributed by atoms with Gasteiger partial charge in [-0.3, -0.25) is 9.59 Å². The smallest absolute Gasteiger partial charge is 0.261 e. The molecular weight excluding hydrogens is 320 g/mol. The predicted molar refractivity (Wildman–Crippen MR) is 96.1 cm³/mol. The van der Waals surface area contributed by atoms with Crippen molar-refractivity contribution in [1.29, 1.82) is 0 Å². The number of methoxy groups -OCH3 is 2. The summed E-state index contributed by atoms with van der Waals surface area (Å²) in [5.74, 6) is 1.16. The second kappa shape index (κ2) is 8.74. The molecule has 2 rings (SSSR count). The first-order chi connectivity index (χ1) is 12.1. The molecule has 0 aliphatic carbocycles. The Labute approximate surface area is 149 Å². The van der Waals surface area contributed by atoms with Crippen molar-refractivity contribution < 1.29 is 19.1 Å². The zero-order chi connectivity index (χ0) is 18.4. The van der Waals surface area contributed by atoms with E-state index in [1.165, 1.54) is 14.2 Å². The van der Waals surface area contributed by atoms with E-state index >= 15 is 0 Å². The molecule has 25 heavy (non-hydrogen) atoms. The molecule has 0 radical (unpaired) electrons. The van der Waals surface area contributed by atoms with Crippen molar-refractivity contribution in [2.45, 2.75) is 26.7 Å². The molecule has 0 atom stereocenters. The molecule has 6 heteroatoms. The molecule has 0 spiro atoms. The summed E-state index contributed by atoms with van der Waals surface area (Å²) < 4.78 is 10.7. The fraction of sp³-hybridized carbons (Fsp3) is 0.579. The first-order valence-corrected chi connectivity index (χ1v) is 8.86. The van der Waals surface area contributed by atoms with Crippen LogP contribution in [0.1, 0.15) is 37.0 Å². The largest absolute Gasteiger partial charge is 0.496 e. The molecule has 0 unspecified atom stereocenters. The molecular formula is C19H28N2O4. The number of ether oxygens (including phenoxy) is 2. The minimum Gasteiger partial charge on any atom is -0.496 e. The summed E-state index contributed by atoms with van der Waals surface area (Å²) in [5, 5.41) is 0. The molecule has 0 N–H and O–H groups in total. The van der Waals surface area contributed by atoms with Crippen LogP contribution in [0, 0.1) is 5.92 Å². The first-order valence-electron chi connectivity index (χ1n) is 8.86. The Morgan fingerprint density at radius 2 is 1.44 bits per heavy atom. The Balaban J connectivity index is 2.09. The van der Waals surface area contributed by atoms with Gasteiger partial charge < -0.3 is 19.3 Å². The number of rotatable bonds is 6. The van der Waals surface area contributed by atoms with E-state index in [0.717, 1.165) is 12.8 Å². The van der Waals surface area contributed by atoms with E-state index in [2.05, 4.69) is 0 Å². The standard InChI is InChI=1S/C19H28N2O4/c1-5-14(6-2)18(22)20-10-12-21(13-11-20)19(23)17-15(24-3)8-7-9-16(17)25-4/h7-9,14H,5-6,10-13H2,1-4H3. The number of hydrogen-bond acceptors (Lipinski definition) is 4. The lowest BCUT2D eigenvalue weighted by molar-refractivity contribution is -0.137. The molecule has 1 saturated heterocycles. The number of carbonyl (C=O) groups is 2. The van der Waals surface area contributed by atoms with Gasteiger partial charge >= 0.3 is 0 Å². The first kappa shape index (κ1) is 19.1. The van der Waals surface area contributed by atoms with E-state index in [1.54, 1.807) is 23.1 Å². The molecule has 1 fully saturated rings. The molecule has 138 valence electrons. The second-order valence-corrected chi connectivity index (χ2v) is 6.17. The van der Waals surface area contributed by atoms with Gasteiger partial charge in [0.2, 0.25) is 5.91 Å². The summed E-state index contributed by atoms with van der Waals surface area (Å²) in [6.07, 6.45) is 1.71. The van der Waals surface area contributed by atoms with Crippen molar-refractivity contribution in [3.63, 3.8) is 0 Å². The monoisotopic (exact) mass is 348 g/mol. The maximum atomic E-state index is 12.9. The van der Waals surface area contributed by atoms with Crippen molar-refractivity contribution in [3.8, 4) is 11.5 Å². The van der Waals surface area contributed by atoms with E-state index in [4.69, 9.17) is 9.47 Å². The van der Waals surface area contributed by atoms with Crippen LogP contribution in [-0.4, -0.2) is 62.0 Å². The Morgan fingerprint density at radius 1 is 0.960 bits per heavy atom. The van der Waals surface area contributed by atoms with Crippen LogP contribution in [0.5, 0.6) is 11.5 Å². The van der Waals surface area contributed by atoms with Crippen LogP contribution in [0.3, 0.4) is 0 Å². The van der Waals surface area contributed by atoms with Gasteiger partial charge in [-0.25, -0.2) is 0 Å². The average Bonchev–Trinajstić information content (AvgIpc) is 2.67. The highest BCUT2D eigenvalue weighted by Gasteiger charge is 2.30. The molecule has 0 bridgehead atoms. The average molecular weight is 348 g/mol. The number of carbonyl (C=O) groups excluding carboxylic acids is 2. The van der Waals surface area contributed by atoms with Crippen LogP contribution in [0.2, 0.25) is 0 Å². The van der Waals surface area contributed by atoms with E-state index < -0.39 is 0 Å². The van der Waals surface area contributed by atoms with Crippen molar-refractivity contribution in [3.05, 3.63) is 23.8 Å². The number of benzene rings is 1. The maximum Gasteiger partial charge on any atom is 0.261 e. The summed E-state index contributed by atoms with van der Waals surface area (Å²) in [5.41, 5.74) is 0.437. The van der Waals surface area contributed by atoms with Gasteiger partial charge in [-0.2, -0.15) is 0 Å². The minimum absolute atomic E-state index is 0.0802. The summed E-state index contributed by atoms with van der Waals surface area (Å²) >= 11 is 0. The SMILES string of the molecule is CCC(CC)C(=O)N1CCN(C(=O)c2c(OC)cccc2OC)CC1. The summed E-state index contributed by atoms with van der Waals surface area (Å²) in [7, 11) is 3.08. The van der Waals surface area contributed by atoms with Gasteiger partial charge in [0.25, 0.3) is 5.91 Å². The Kier molecular flexibility index (Phi) is 6.67. The zero-order valence-electron chi connectivity index (χ0n) is 15.6. The quantitative estimate of drug-likeness (QED) is 0.792. The van der Waals surface area contributed by atoms with E-state index in [0.29, 0.717) is 43.2 Å². The van der Waals surface area contributed by atoms with Crippen LogP contribution in [-0.2, 0) is 4.79 Å². The zero-order valence-corrected chi connectivity index (χ0v) is 15.6. The Morgan fingerprint density at radius 3 is 1.88 bits per heavy atom. The highest BCUT2D eigenvalue weighted by Crippen LogP contribution is 2.30. The van der Waals surface area contributed by atoms with E-state index in [1.807, 2.05) is 18.7 Å². The molecule has 1 heterocycles. The molecule has 0 saturated carbocycles. The number of hydrogen-bond donors (Lipinski definition) is 0. The lowest BCUT2D eigenvalue weighted by Crippen LogP contribution is -2.52. The van der Waals surface area contributed by atoms with Gasteiger partial charge in [0.05, 0.1) is 14.2 Å². The normalized spacial score (nSPS) is 14.6. The summed E-state index contributed by atoms with van der Waals surface area (Å²) in [4.78, 5) is 29.1. The van der Waals surface area contributed by atoms with Gasteiger partial charge in [-0.1, -0.05) is 19.9 Å². The summed E-state index contributed by atoms with van der Waals surface area (Å²) in [6, 6.07) is 5.30. The van der Waals surface area contributed by atoms with Gasteiger partial charge in [-0.05, 0) is 25.0 Å². The van der Waals surface area contributed by atoms with Crippen LogP contribution >= 0.6 is 0 Å². The second-order valence-electron chi connectivity index (χ2n) is 6.17. The van der Waals surface area contributed by atoms with Crippen molar-refractivity contribution in [2.75, 3.05) is 40.4 Å². The van der Waals surface area contributed by atoms with Crippen LogP contribution in [0.15, 0.2) is 18.2 Å². The number of nitrogens with zero attached hydrogens (tertiary/aromatic N) is 2. The summed E-state index contributed by atoms with van der Waals surface area (Å²) in [6.45, 7) is 6.26. The lowest BCUT2D eigenvalue weighted by atomic mass is 10.0. The third-order valence-electron chi connectivity index (χ3n) is 4.86. The Hall–Kier alpha value is -2.24. The van der Waals surface area contributed by atoms with Crippen LogP contribution < -0.4 is 9.47 Å². The minimum atomic E-state index is -0.121. The Bertz CT molecular complexity index is 583. The highest BCUT2D eigenvalue weighted by atomic mass is 16.5. The van der Waals surface area contributed by atoms with Gasteiger partial charge in [0.1, 0.15) is 17.1 Å². The molecule has 1 aliphatic rings. The highest BCUT2D eigenvalue weighted by molar-refractivity contribution is 6.00. The van der Waals surface area contributed by atoms with E-state index in [9.17, 15) is 9.59 Å². The topological polar surface area (TPSA) is 59.1 Å².